The van der Waals surface area contributed by atoms with Crippen LogP contribution in [0.5, 0.6) is 5.75 Å². The second-order valence-corrected chi connectivity index (χ2v) is 7.67. The number of sulfonamides is 1. The normalized spacial score (nSPS) is 11.9. The molecule has 0 aliphatic rings. The number of amides is 1. The van der Waals surface area contributed by atoms with Gasteiger partial charge in [-0.25, -0.2) is 8.42 Å². The van der Waals surface area contributed by atoms with Crippen LogP contribution in [0.2, 0.25) is 0 Å². The lowest BCUT2D eigenvalue weighted by molar-refractivity contribution is -0.384. The minimum Gasteiger partial charge on any atom is -0.496 e. The fourth-order valence-electron chi connectivity index (χ4n) is 2.29. The van der Waals surface area contributed by atoms with E-state index in [0.29, 0.717) is 0 Å². The minimum absolute atomic E-state index is 0.0331. The van der Waals surface area contributed by atoms with Crippen LogP contribution in [-0.4, -0.2) is 45.0 Å². The van der Waals surface area contributed by atoms with E-state index in [1.54, 1.807) is 6.07 Å². The Kier molecular flexibility index (Phi) is 7.44. The molecule has 11 nitrogen and oxygen atoms in total. The number of nitrogens with one attached hydrogen (secondary N) is 2. The molecule has 0 spiro atoms. The van der Waals surface area contributed by atoms with Crippen LogP contribution in [0.15, 0.2) is 53.4 Å². The van der Waals surface area contributed by atoms with Crippen molar-refractivity contribution in [3.63, 3.8) is 0 Å². The lowest BCUT2D eigenvalue weighted by Crippen LogP contribution is -2.40. The van der Waals surface area contributed by atoms with Crippen molar-refractivity contribution in [1.82, 2.24) is 4.72 Å². The zero-order chi connectivity index (χ0) is 22.3. The first-order valence-electron chi connectivity index (χ1n) is 8.50. The van der Waals surface area contributed by atoms with E-state index in [9.17, 15) is 28.1 Å². The number of ether oxygens (including phenoxy) is 2. The summed E-state index contributed by atoms with van der Waals surface area (Å²) >= 11 is 0. The van der Waals surface area contributed by atoms with E-state index < -0.39 is 45.2 Å². The van der Waals surface area contributed by atoms with Crippen LogP contribution >= 0.6 is 0 Å². The molecule has 160 valence electrons. The number of hydrogen-bond acceptors (Lipinski definition) is 8. The maximum Gasteiger partial charge on any atom is 0.324 e. The van der Waals surface area contributed by atoms with Gasteiger partial charge in [0.25, 0.3) is 11.6 Å². The van der Waals surface area contributed by atoms with Crippen molar-refractivity contribution in [2.75, 3.05) is 19.0 Å². The monoisotopic (exact) mass is 437 g/mol. The van der Waals surface area contributed by atoms with Gasteiger partial charge in [-0.05, 0) is 31.2 Å². The molecule has 0 heterocycles. The van der Waals surface area contributed by atoms with E-state index in [1.165, 1.54) is 50.4 Å². The third kappa shape index (κ3) is 5.99. The average Bonchev–Trinajstić information content (AvgIpc) is 2.72. The van der Waals surface area contributed by atoms with Gasteiger partial charge in [-0.3, -0.25) is 19.7 Å². The molecule has 2 aromatic rings. The molecule has 0 bridgehead atoms. The molecule has 0 fully saturated rings. The van der Waals surface area contributed by atoms with Gasteiger partial charge in [0.15, 0.2) is 6.61 Å². The average molecular weight is 437 g/mol. The topological polar surface area (TPSA) is 154 Å². The van der Waals surface area contributed by atoms with Gasteiger partial charge in [0.1, 0.15) is 17.5 Å². The van der Waals surface area contributed by atoms with Gasteiger partial charge in [-0.15, -0.1) is 0 Å². The molecule has 2 rings (SSSR count). The Hall–Kier alpha value is -3.51. The predicted molar refractivity (Wildman–Crippen MR) is 105 cm³/mol. The van der Waals surface area contributed by atoms with Gasteiger partial charge in [-0.1, -0.05) is 18.2 Å². The second-order valence-electron chi connectivity index (χ2n) is 5.95. The van der Waals surface area contributed by atoms with Crippen molar-refractivity contribution in [3.8, 4) is 5.75 Å². The van der Waals surface area contributed by atoms with Crippen molar-refractivity contribution in [3.05, 3.63) is 58.6 Å². The van der Waals surface area contributed by atoms with Crippen molar-refractivity contribution in [2.45, 2.75) is 17.9 Å². The van der Waals surface area contributed by atoms with Gasteiger partial charge in [-0.2, -0.15) is 4.72 Å². The molecule has 0 aromatic heterocycles. The van der Waals surface area contributed by atoms with Gasteiger partial charge in [0.05, 0.1) is 23.0 Å². The maximum atomic E-state index is 12.2. The summed E-state index contributed by atoms with van der Waals surface area (Å²) < 4.78 is 36.3. The van der Waals surface area contributed by atoms with Gasteiger partial charge in [0, 0.05) is 0 Å². The lowest BCUT2D eigenvalue weighted by Gasteiger charge is -2.14. The Bertz CT molecular complexity index is 1040. The molecule has 12 heteroatoms. The summed E-state index contributed by atoms with van der Waals surface area (Å²) in [4.78, 5) is 34.4. The smallest absolute Gasteiger partial charge is 0.324 e. The van der Waals surface area contributed by atoms with Crippen LogP contribution in [0.1, 0.15) is 6.92 Å². The summed E-state index contributed by atoms with van der Waals surface area (Å²) in [6.07, 6.45) is 0. The highest BCUT2D eigenvalue weighted by Crippen LogP contribution is 2.28. The summed E-state index contributed by atoms with van der Waals surface area (Å²) in [5.41, 5.74) is -0.516. The molecular formula is C18H19N3O8S. The highest BCUT2D eigenvalue weighted by atomic mass is 32.2. The first-order valence-corrected chi connectivity index (χ1v) is 9.98. The highest BCUT2D eigenvalue weighted by molar-refractivity contribution is 7.89. The molecule has 2 N–H and O–H groups in total. The van der Waals surface area contributed by atoms with Gasteiger partial charge < -0.3 is 14.8 Å². The fourth-order valence-corrected chi connectivity index (χ4v) is 3.50. The Morgan fingerprint density at radius 2 is 1.83 bits per heavy atom. The molecule has 0 radical (unpaired) electrons. The second kappa shape index (κ2) is 9.80. The number of rotatable bonds is 9. The molecule has 0 aliphatic heterocycles. The summed E-state index contributed by atoms with van der Waals surface area (Å²) in [6, 6.07) is 9.96. The third-order valence-electron chi connectivity index (χ3n) is 3.76. The largest absolute Gasteiger partial charge is 0.496 e. The molecule has 1 amide bonds. The number of carbonyl (C=O) groups excluding carboxylic acids is 2. The molecule has 0 unspecified atom stereocenters. The Labute approximate surface area is 172 Å². The zero-order valence-electron chi connectivity index (χ0n) is 16.0. The fraction of sp³-hybridized carbons (Fsp3) is 0.222. The van der Waals surface area contributed by atoms with E-state index in [4.69, 9.17) is 9.47 Å². The zero-order valence-corrected chi connectivity index (χ0v) is 16.8. The molecule has 0 saturated carbocycles. The first-order chi connectivity index (χ1) is 14.1. The summed E-state index contributed by atoms with van der Waals surface area (Å²) in [7, 11) is -2.61. The van der Waals surface area contributed by atoms with Crippen LogP contribution in [-0.2, 0) is 24.3 Å². The van der Waals surface area contributed by atoms with Crippen molar-refractivity contribution < 1.29 is 32.4 Å². The number of benzene rings is 2. The quantitative estimate of drug-likeness (QED) is 0.339. The minimum atomic E-state index is -3.95. The number of hydrogen-bond donors (Lipinski definition) is 2. The molecule has 30 heavy (non-hydrogen) atoms. The Morgan fingerprint density at radius 1 is 1.17 bits per heavy atom. The summed E-state index contributed by atoms with van der Waals surface area (Å²) in [5, 5.41) is 13.4. The van der Waals surface area contributed by atoms with E-state index in [-0.39, 0.29) is 16.3 Å². The lowest BCUT2D eigenvalue weighted by atomic mass is 10.2. The molecule has 2 aromatic carbocycles. The Morgan fingerprint density at radius 3 is 2.43 bits per heavy atom. The number of esters is 1. The van der Waals surface area contributed by atoms with Gasteiger partial charge in [0.2, 0.25) is 10.0 Å². The third-order valence-corrected chi connectivity index (χ3v) is 5.32. The van der Waals surface area contributed by atoms with Crippen LogP contribution in [0.3, 0.4) is 0 Å². The molecule has 0 aliphatic carbocycles. The Balaban J connectivity index is 1.95. The predicted octanol–water partition coefficient (Wildman–Crippen LogP) is 1.45. The standard InChI is InChI=1S/C18H19N3O8S/c1-12(20-30(26,27)14-6-4-3-5-7-14)18(23)29-11-17(22)19-15-9-8-13(28-2)10-16(15)21(24)25/h3-10,12,20H,11H2,1-2H3,(H,19,22)/t12-/m0/s1. The van der Waals surface area contributed by atoms with Crippen molar-refractivity contribution in [2.24, 2.45) is 0 Å². The van der Waals surface area contributed by atoms with Crippen molar-refractivity contribution in [1.29, 1.82) is 0 Å². The van der Waals surface area contributed by atoms with E-state index in [1.807, 2.05) is 0 Å². The number of carbonyl (C=O) groups is 2. The van der Waals surface area contributed by atoms with E-state index in [2.05, 4.69) is 10.0 Å². The van der Waals surface area contributed by atoms with Crippen molar-refractivity contribution >= 4 is 33.3 Å². The SMILES string of the molecule is COc1ccc(NC(=O)COC(=O)[C@H](C)NS(=O)(=O)c2ccccc2)c([N+](=O)[O-])c1. The number of nitrogens with zero attached hydrogens (tertiary/aromatic N) is 1. The number of methoxy groups -OCH3 is 1. The molecule has 0 saturated heterocycles. The molecule has 1 atom stereocenters. The van der Waals surface area contributed by atoms with E-state index >= 15 is 0 Å². The maximum absolute atomic E-state index is 12.2. The number of nitro groups is 1. The van der Waals surface area contributed by atoms with Crippen LogP contribution < -0.4 is 14.8 Å². The highest BCUT2D eigenvalue weighted by Gasteiger charge is 2.24. The van der Waals surface area contributed by atoms with Crippen LogP contribution in [0.25, 0.3) is 0 Å². The van der Waals surface area contributed by atoms with E-state index in [0.717, 1.165) is 6.07 Å². The number of nitro benzene ring substituents is 1. The summed E-state index contributed by atoms with van der Waals surface area (Å²) in [5.74, 6) is -1.60. The summed E-state index contributed by atoms with van der Waals surface area (Å²) in [6.45, 7) is 0.495. The van der Waals surface area contributed by atoms with Crippen LogP contribution in [0, 0.1) is 10.1 Å². The number of anilines is 1. The first kappa shape index (κ1) is 22.8. The van der Waals surface area contributed by atoms with Gasteiger partial charge >= 0.3 is 5.97 Å². The molecular weight excluding hydrogens is 418 g/mol. The van der Waals surface area contributed by atoms with Crippen LogP contribution in [0.4, 0.5) is 11.4 Å².